The Kier molecular flexibility index (Phi) is 2.94. The first-order valence-corrected chi connectivity index (χ1v) is 6.30. The number of aryl methyl sites for hydroxylation is 1. The van der Waals surface area contributed by atoms with Crippen molar-refractivity contribution in [3.8, 4) is 0 Å². The molecule has 2 aliphatic rings. The van der Waals surface area contributed by atoms with Gasteiger partial charge in [-0.2, -0.15) is 0 Å². The first kappa shape index (κ1) is 10.9. The number of fused-ring (bicyclic) bond motifs is 1. The summed E-state index contributed by atoms with van der Waals surface area (Å²) in [5.41, 5.74) is 2.46. The van der Waals surface area contributed by atoms with Gasteiger partial charge >= 0.3 is 0 Å². The summed E-state index contributed by atoms with van der Waals surface area (Å²) in [4.78, 5) is 11.6. The van der Waals surface area contributed by atoms with Crippen LogP contribution in [0.15, 0.2) is 0 Å². The zero-order valence-electron chi connectivity index (χ0n) is 10.2. The third-order valence-electron chi connectivity index (χ3n) is 3.34. The lowest BCUT2D eigenvalue weighted by atomic mass is 10.2. The van der Waals surface area contributed by atoms with Crippen LogP contribution in [-0.2, 0) is 24.2 Å². The molecule has 0 aliphatic carbocycles. The smallest absolute Gasteiger partial charge is 0.137 e. The van der Waals surface area contributed by atoms with Gasteiger partial charge in [-0.05, 0) is 0 Å². The second-order valence-corrected chi connectivity index (χ2v) is 4.45. The fourth-order valence-electron chi connectivity index (χ4n) is 2.40. The molecule has 3 rings (SSSR count). The molecule has 0 atom stereocenters. The minimum atomic E-state index is 0.799. The van der Waals surface area contributed by atoms with E-state index >= 15 is 0 Å². The highest BCUT2D eigenvalue weighted by atomic mass is 16.5. The number of aromatic nitrogens is 2. The molecule has 92 valence electrons. The average Bonchev–Trinajstić information content (AvgIpc) is 2.86. The zero-order valence-corrected chi connectivity index (χ0v) is 10.2. The molecule has 17 heavy (non-hydrogen) atoms. The van der Waals surface area contributed by atoms with Crippen molar-refractivity contribution >= 4 is 5.82 Å². The van der Waals surface area contributed by atoms with E-state index in [0.29, 0.717) is 0 Å². The summed E-state index contributed by atoms with van der Waals surface area (Å²) < 4.78 is 5.40. The summed E-state index contributed by atoms with van der Waals surface area (Å²) in [6.45, 7) is 7.35. The van der Waals surface area contributed by atoms with Gasteiger partial charge in [0.2, 0.25) is 0 Å². The maximum atomic E-state index is 5.40. The van der Waals surface area contributed by atoms with E-state index in [9.17, 15) is 0 Å². The summed E-state index contributed by atoms with van der Waals surface area (Å²) in [6, 6.07) is 0. The topological polar surface area (TPSA) is 50.3 Å². The molecule has 0 unspecified atom stereocenters. The first-order valence-electron chi connectivity index (χ1n) is 6.30. The second kappa shape index (κ2) is 4.58. The van der Waals surface area contributed by atoms with E-state index in [-0.39, 0.29) is 0 Å². The zero-order chi connectivity index (χ0) is 11.7. The fraction of sp³-hybridized carbons (Fsp3) is 0.667. The van der Waals surface area contributed by atoms with Crippen molar-refractivity contribution in [2.45, 2.75) is 26.4 Å². The van der Waals surface area contributed by atoms with Crippen LogP contribution in [-0.4, -0.2) is 36.3 Å². The first-order chi connectivity index (χ1) is 8.38. The third kappa shape index (κ3) is 2.00. The number of nitrogens with one attached hydrogen (secondary N) is 1. The summed E-state index contributed by atoms with van der Waals surface area (Å²) in [5, 5.41) is 3.36. The lowest BCUT2D eigenvalue weighted by molar-refractivity contribution is 0.122. The van der Waals surface area contributed by atoms with Crippen LogP contribution in [0.5, 0.6) is 0 Å². The molecule has 0 bridgehead atoms. The van der Waals surface area contributed by atoms with Crippen LogP contribution < -0.4 is 10.2 Å². The van der Waals surface area contributed by atoms with Gasteiger partial charge in [0.1, 0.15) is 11.6 Å². The molecule has 0 amide bonds. The molecular formula is C12H18N4O. The SMILES string of the molecule is CCc1nc2c(c(N3CCOCC3)n1)CNC2. The van der Waals surface area contributed by atoms with E-state index in [1.54, 1.807) is 0 Å². The van der Waals surface area contributed by atoms with Crippen LogP contribution in [0.4, 0.5) is 5.82 Å². The Labute approximate surface area is 101 Å². The summed E-state index contributed by atoms with van der Waals surface area (Å²) in [6.07, 6.45) is 0.893. The lowest BCUT2D eigenvalue weighted by Gasteiger charge is -2.29. The fourth-order valence-corrected chi connectivity index (χ4v) is 2.40. The van der Waals surface area contributed by atoms with Gasteiger partial charge in [0, 0.05) is 38.2 Å². The number of nitrogens with zero attached hydrogens (tertiary/aromatic N) is 3. The van der Waals surface area contributed by atoms with Crippen molar-refractivity contribution in [3.63, 3.8) is 0 Å². The Morgan fingerprint density at radius 1 is 1.24 bits per heavy atom. The van der Waals surface area contributed by atoms with Crippen LogP contribution in [0.2, 0.25) is 0 Å². The quantitative estimate of drug-likeness (QED) is 0.806. The number of morpholine rings is 1. The van der Waals surface area contributed by atoms with Gasteiger partial charge in [-0.3, -0.25) is 0 Å². The predicted octanol–water partition coefficient (Wildman–Crippen LogP) is 0.479. The van der Waals surface area contributed by atoms with Crippen molar-refractivity contribution in [1.82, 2.24) is 15.3 Å². The molecule has 0 aromatic carbocycles. The van der Waals surface area contributed by atoms with Gasteiger partial charge in [0.25, 0.3) is 0 Å². The molecule has 2 aliphatic heterocycles. The highest BCUT2D eigenvalue weighted by molar-refractivity contribution is 5.51. The standard InChI is InChI=1S/C12H18N4O/c1-2-11-14-10-8-13-7-9(10)12(15-11)16-3-5-17-6-4-16/h13H,2-8H2,1H3. The van der Waals surface area contributed by atoms with E-state index in [2.05, 4.69) is 22.1 Å². The van der Waals surface area contributed by atoms with Crippen LogP contribution in [0.3, 0.4) is 0 Å². The van der Waals surface area contributed by atoms with Gasteiger partial charge in [-0.15, -0.1) is 0 Å². The molecular weight excluding hydrogens is 216 g/mol. The summed E-state index contributed by atoms with van der Waals surface area (Å²) in [7, 11) is 0. The molecule has 1 fully saturated rings. The minimum Gasteiger partial charge on any atom is -0.378 e. The molecule has 1 aromatic rings. The van der Waals surface area contributed by atoms with E-state index in [1.807, 2.05) is 0 Å². The number of rotatable bonds is 2. The molecule has 1 N–H and O–H groups in total. The molecule has 1 saturated heterocycles. The second-order valence-electron chi connectivity index (χ2n) is 4.45. The molecule has 0 radical (unpaired) electrons. The molecule has 3 heterocycles. The van der Waals surface area contributed by atoms with Crippen molar-refractivity contribution in [2.75, 3.05) is 31.2 Å². The van der Waals surface area contributed by atoms with Crippen LogP contribution in [0.1, 0.15) is 24.0 Å². The number of hydrogen-bond acceptors (Lipinski definition) is 5. The Hall–Kier alpha value is -1.20. The van der Waals surface area contributed by atoms with Gasteiger partial charge in [0.15, 0.2) is 0 Å². The highest BCUT2D eigenvalue weighted by Crippen LogP contribution is 2.25. The highest BCUT2D eigenvalue weighted by Gasteiger charge is 2.23. The van der Waals surface area contributed by atoms with E-state index in [0.717, 1.165) is 57.5 Å². The Morgan fingerprint density at radius 2 is 2.06 bits per heavy atom. The minimum absolute atomic E-state index is 0.799. The molecule has 5 heteroatoms. The van der Waals surface area contributed by atoms with Gasteiger partial charge in [-0.1, -0.05) is 6.92 Å². The van der Waals surface area contributed by atoms with Gasteiger partial charge < -0.3 is 15.0 Å². The van der Waals surface area contributed by atoms with Crippen LogP contribution >= 0.6 is 0 Å². The molecule has 0 saturated carbocycles. The van der Waals surface area contributed by atoms with Gasteiger partial charge in [0.05, 0.1) is 18.9 Å². The number of hydrogen-bond donors (Lipinski definition) is 1. The largest absolute Gasteiger partial charge is 0.378 e. The monoisotopic (exact) mass is 234 g/mol. The van der Waals surface area contributed by atoms with Crippen molar-refractivity contribution in [1.29, 1.82) is 0 Å². The van der Waals surface area contributed by atoms with Crippen molar-refractivity contribution < 1.29 is 4.74 Å². The van der Waals surface area contributed by atoms with E-state index in [1.165, 1.54) is 11.3 Å². The summed E-state index contributed by atoms with van der Waals surface area (Å²) >= 11 is 0. The maximum Gasteiger partial charge on any atom is 0.137 e. The summed E-state index contributed by atoms with van der Waals surface area (Å²) in [5.74, 6) is 2.08. The predicted molar refractivity (Wildman–Crippen MR) is 65.0 cm³/mol. The average molecular weight is 234 g/mol. The van der Waals surface area contributed by atoms with Crippen molar-refractivity contribution in [2.24, 2.45) is 0 Å². The third-order valence-corrected chi connectivity index (χ3v) is 3.34. The van der Waals surface area contributed by atoms with Gasteiger partial charge in [-0.25, -0.2) is 9.97 Å². The number of anilines is 1. The number of ether oxygens (including phenoxy) is 1. The Bertz CT molecular complexity index is 415. The Morgan fingerprint density at radius 3 is 2.82 bits per heavy atom. The maximum absolute atomic E-state index is 5.40. The molecule has 0 spiro atoms. The molecule has 1 aromatic heterocycles. The Balaban J connectivity index is 1.98. The van der Waals surface area contributed by atoms with E-state index < -0.39 is 0 Å². The van der Waals surface area contributed by atoms with Crippen LogP contribution in [0, 0.1) is 0 Å². The van der Waals surface area contributed by atoms with Crippen molar-refractivity contribution in [3.05, 3.63) is 17.1 Å². The lowest BCUT2D eigenvalue weighted by Crippen LogP contribution is -2.37. The van der Waals surface area contributed by atoms with Crippen LogP contribution in [0.25, 0.3) is 0 Å². The normalized spacial score (nSPS) is 19.5. The van der Waals surface area contributed by atoms with E-state index in [4.69, 9.17) is 9.72 Å². The molecule has 5 nitrogen and oxygen atoms in total.